The van der Waals surface area contributed by atoms with Crippen LogP contribution >= 0.6 is 11.8 Å². The highest BCUT2D eigenvalue weighted by atomic mass is 32.2. The monoisotopic (exact) mass is 248 g/mol. The summed E-state index contributed by atoms with van der Waals surface area (Å²) >= 11 is -0.274. The van der Waals surface area contributed by atoms with E-state index in [1.165, 1.54) is 20.8 Å². The molecule has 7 heteroatoms. The number of hydrogen-bond donors (Lipinski definition) is 0. The van der Waals surface area contributed by atoms with Crippen LogP contribution in [0.25, 0.3) is 0 Å². The summed E-state index contributed by atoms with van der Waals surface area (Å²) in [7, 11) is 0.633. The normalized spacial score (nSPS) is 13.9. The molecule has 0 fully saturated rings. The Morgan fingerprint density at radius 3 is 1.80 bits per heavy atom. The second-order valence-electron chi connectivity index (χ2n) is 3.80. The Balaban J connectivity index is 4.93. The van der Waals surface area contributed by atoms with E-state index in [1.807, 2.05) is 0 Å². The molecule has 0 saturated heterocycles. The van der Waals surface area contributed by atoms with Crippen LogP contribution in [0.5, 0.6) is 0 Å². The van der Waals surface area contributed by atoms with Gasteiger partial charge < -0.3 is 4.74 Å². The number of carbonyl (C=O) groups excluding carboxylic acids is 1. The maximum atomic E-state index is 13.0. The molecule has 0 aromatic carbocycles. The largest absolute Gasteiger partial charge is 0.464 e. The van der Waals surface area contributed by atoms with E-state index in [1.54, 1.807) is 0 Å². The molecule has 0 heterocycles. The Hall–Kier alpha value is -0.460. The fourth-order valence-electron chi connectivity index (χ4n) is 0.696. The molecule has 90 valence electrons. The first-order chi connectivity index (χ1) is 6.44. The fourth-order valence-corrected chi connectivity index (χ4v) is 1.68. The van der Waals surface area contributed by atoms with Crippen LogP contribution in [0.3, 0.4) is 0 Å². The van der Waals surface area contributed by atoms with E-state index in [-0.39, 0.29) is 11.8 Å². The third kappa shape index (κ3) is 3.55. The summed E-state index contributed by atoms with van der Waals surface area (Å²) in [6.45, 7) is 4.04. The average molecular weight is 248 g/mol. The molecule has 0 aliphatic carbocycles. The summed E-state index contributed by atoms with van der Waals surface area (Å²) in [5.74, 6) is -7.05. The fraction of sp³-hybridized carbons (Fsp3) is 0.875. The smallest absolute Gasteiger partial charge is 0.414 e. The van der Waals surface area contributed by atoms with Gasteiger partial charge in [0.2, 0.25) is 0 Å². The van der Waals surface area contributed by atoms with Crippen LogP contribution in [0.4, 0.5) is 17.6 Å². The highest BCUT2D eigenvalue weighted by Gasteiger charge is 2.64. The van der Waals surface area contributed by atoms with Gasteiger partial charge in [0.25, 0.3) is 0 Å². The van der Waals surface area contributed by atoms with Gasteiger partial charge in [-0.3, -0.25) is 0 Å². The van der Waals surface area contributed by atoms with Gasteiger partial charge in [-0.1, -0.05) is 32.5 Å². The SMILES string of the molecule is COC(=O)C(F)(F)C(F)(F)SC(C)(C)C. The molecule has 0 unspecified atom stereocenters. The number of halogens is 4. The average Bonchev–Trinajstić information content (AvgIpc) is 1.97. The van der Waals surface area contributed by atoms with Crippen molar-refractivity contribution in [2.24, 2.45) is 0 Å². The number of alkyl halides is 4. The zero-order chi connectivity index (χ0) is 12.5. The molecule has 15 heavy (non-hydrogen) atoms. The summed E-state index contributed by atoms with van der Waals surface area (Å²) in [5, 5.41) is -4.49. The van der Waals surface area contributed by atoms with Crippen LogP contribution in [0.15, 0.2) is 0 Å². The standard InChI is InChI=1S/C8H12F4O2S/c1-6(2,3)15-8(11,12)7(9,10)5(13)14-4/h1-4H3. The van der Waals surface area contributed by atoms with E-state index in [2.05, 4.69) is 4.74 Å². The minimum atomic E-state index is -4.82. The molecule has 0 amide bonds. The van der Waals surface area contributed by atoms with E-state index in [0.29, 0.717) is 7.11 Å². The molecule has 0 rings (SSSR count). The van der Waals surface area contributed by atoms with Crippen molar-refractivity contribution in [1.82, 2.24) is 0 Å². The minimum absolute atomic E-state index is 0.274. The Labute approximate surface area is 89.4 Å². The number of thioether (sulfide) groups is 1. The molecule has 0 aliphatic rings. The zero-order valence-corrected chi connectivity index (χ0v) is 9.55. The summed E-state index contributed by atoms with van der Waals surface area (Å²) in [5.41, 5.74) is 0. The molecule has 0 radical (unpaired) electrons. The number of carbonyl (C=O) groups is 1. The molecule has 0 N–H and O–H groups in total. The van der Waals surface area contributed by atoms with Crippen LogP contribution in [-0.2, 0) is 9.53 Å². The molecule has 2 nitrogen and oxygen atoms in total. The Bertz CT molecular complexity index is 248. The van der Waals surface area contributed by atoms with Gasteiger partial charge in [-0.2, -0.15) is 17.6 Å². The molecule has 0 aromatic heterocycles. The van der Waals surface area contributed by atoms with Crippen LogP contribution in [0.2, 0.25) is 0 Å². The lowest BCUT2D eigenvalue weighted by Crippen LogP contribution is -2.47. The van der Waals surface area contributed by atoms with Gasteiger partial charge in [-0.05, 0) is 0 Å². The highest BCUT2D eigenvalue weighted by Crippen LogP contribution is 2.48. The van der Waals surface area contributed by atoms with Gasteiger partial charge in [0.15, 0.2) is 0 Å². The van der Waals surface area contributed by atoms with E-state index < -0.39 is 21.9 Å². The van der Waals surface area contributed by atoms with Gasteiger partial charge in [-0.15, -0.1) is 0 Å². The number of rotatable bonds is 3. The summed E-state index contributed by atoms with van der Waals surface area (Å²) in [6.07, 6.45) is 0. The van der Waals surface area contributed by atoms with Gasteiger partial charge in [0.05, 0.1) is 7.11 Å². The first-order valence-corrected chi connectivity index (χ1v) is 4.80. The minimum Gasteiger partial charge on any atom is -0.464 e. The van der Waals surface area contributed by atoms with Crippen LogP contribution in [-0.4, -0.2) is 29.0 Å². The highest BCUT2D eigenvalue weighted by molar-refractivity contribution is 8.01. The van der Waals surface area contributed by atoms with E-state index in [4.69, 9.17) is 0 Å². The Kier molecular flexibility index (Phi) is 4.06. The van der Waals surface area contributed by atoms with Gasteiger partial charge in [0, 0.05) is 4.75 Å². The summed E-state index contributed by atoms with van der Waals surface area (Å²) < 4.78 is 54.4. The van der Waals surface area contributed by atoms with Crippen LogP contribution < -0.4 is 0 Å². The van der Waals surface area contributed by atoms with E-state index in [0.717, 1.165) is 0 Å². The van der Waals surface area contributed by atoms with Crippen molar-refractivity contribution in [3.8, 4) is 0 Å². The lowest BCUT2D eigenvalue weighted by molar-refractivity contribution is -0.199. The first-order valence-electron chi connectivity index (χ1n) is 3.98. The molecule has 0 spiro atoms. The van der Waals surface area contributed by atoms with Crippen molar-refractivity contribution < 1.29 is 27.1 Å². The van der Waals surface area contributed by atoms with Crippen LogP contribution in [0, 0.1) is 0 Å². The topological polar surface area (TPSA) is 26.3 Å². The lowest BCUT2D eigenvalue weighted by Gasteiger charge is -2.29. The quantitative estimate of drug-likeness (QED) is 0.567. The molecule has 0 bridgehead atoms. The summed E-state index contributed by atoms with van der Waals surface area (Å²) in [4.78, 5) is 10.5. The maximum absolute atomic E-state index is 13.0. The summed E-state index contributed by atoms with van der Waals surface area (Å²) in [6, 6.07) is 0. The maximum Gasteiger partial charge on any atom is 0.414 e. The van der Waals surface area contributed by atoms with E-state index >= 15 is 0 Å². The lowest BCUT2D eigenvalue weighted by atomic mass is 10.3. The number of esters is 1. The van der Waals surface area contributed by atoms with Crippen molar-refractivity contribution in [3.63, 3.8) is 0 Å². The molecule has 0 aromatic rings. The second kappa shape index (κ2) is 4.19. The van der Waals surface area contributed by atoms with Crippen LogP contribution in [0.1, 0.15) is 20.8 Å². The zero-order valence-electron chi connectivity index (χ0n) is 8.74. The Morgan fingerprint density at radius 1 is 1.13 bits per heavy atom. The van der Waals surface area contributed by atoms with Crippen molar-refractivity contribution in [3.05, 3.63) is 0 Å². The van der Waals surface area contributed by atoms with Gasteiger partial charge in [-0.25, -0.2) is 4.79 Å². The van der Waals surface area contributed by atoms with E-state index in [9.17, 15) is 22.4 Å². The predicted molar refractivity (Wildman–Crippen MR) is 49.3 cm³/mol. The molecular formula is C8H12F4O2S. The molecular weight excluding hydrogens is 236 g/mol. The molecule has 0 aliphatic heterocycles. The van der Waals surface area contributed by atoms with Crippen molar-refractivity contribution in [1.29, 1.82) is 0 Å². The predicted octanol–water partition coefficient (Wildman–Crippen LogP) is 2.92. The Morgan fingerprint density at radius 2 is 1.53 bits per heavy atom. The van der Waals surface area contributed by atoms with Gasteiger partial charge in [0.1, 0.15) is 0 Å². The molecule has 0 atom stereocenters. The molecule has 0 saturated carbocycles. The van der Waals surface area contributed by atoms with Crippen molar-refractivity contribution in [2.75, 3.05) is 7.11 Å². The first kappa shape index (κ1) is 14.5. The van der Waals surface area contributed by atoms with Crippen molar-refractivity contribution >= 4 is 17.7 Å². The van der Waals surface area contributed by atoms with Gasteiger partial charge >= 0.3 is 17.1 Å². The second-order valence-corrected chi connectivity index (χ2v) is 5.74. The number of methoxy groups -OCH3 is 1. The third-order valence-electron chi connectivity index (χ3n) is 1.24. The number of ether oxygens (including phenoxy) is 1. The third-order valence-corrected chi connectivity index (χ3v) is 2.37. The number of hydrogen-bond acceptors (Lipinski definition) is 3. The van der Waals surface area contributed by atoms with Crippen molar-refractivity contribution in [2.45, 2.75) is 36.7 Å².